The number of methoxy groups -OCH3 is 1. The maximum Gasteiger partial charge on any atom is 0.234 e. The first kappa shape index (κ1) is 19.8. The molecule has 4 aromatic rings. The molecule has 0 fully saturated rings. The highest BCUT2D eigenvalue weighted by Gasteiger charge is 2.13. The average molecular weight is 423 g/mol. The summed E-state index contributed by atoms with van der Waals surface area (Å²) in [4.78, 5) is 12.4. The summed E-state index contributed by atoms with van der Waals surface area (Å²) in [6.07, 6.45) is 0. The number of hydrogen-bond donors (Lipinski definition) is 1. The molecule has 0 aliphatic heterocycles. The molecule has 1 N–H and O–H groups in total. The van der Waals surface area contributed by atoms with Crippen LogP contribution in [0.25, 0.3) is 16.9 Å². The molecule has 1 amide bonds. The largest absolute Gasteiger partial charge is 0.495 e. The van der Waals surface area contributed by atoms with Crippen molar-refractivity contribution in [1.82, 2.24) is 19.8 Å². The SMILES string of the molecule is COc1ccc(C)cc1NC(=O)CSc1nnc2ccc(-c3ccc(F)cc3)nn12. The Hall–Kier alpha value is -3.46. The van der Waals surface area contributed by atoms with Crippen LogP contribution in [0.5, 0.6) is 5.75 Å². The van der Waals surface area contributed by atoms with Crippen LogP contribution in [-0.2, 0) is 4.79 Å². The van der Waals surface area contributed by atoms with E-state index in [-0.39, 0.29) is 17.5 Å². The van der Waals surface area contributed by atoms with E-state index in [1.807, 2.05) is 25.1 Å². The van der Waals surface area contributed by atoms with Crippen LogP contribution in [0.15, 0.2) is 59.8 Å². The molecule has 0 aliphatic carbocycles. The molecule has 0 saturated heterocycles. The second-order valence-electron chi connectivity index (χ2n) is 6.52. The lowest BCUT2D eigenvalue weighted by Gasteiger charge is -2.10. The molecule has 2 heterocycles. The number of aryl methyl sites for hydroxylation is 1. The van der Waals surface area contributed by atoms with Gasteiger partial charge in [-0.1, -0.05) is 17.8 Å². The Balaban J connectivity index is 1.50. The van der Waals surface area contributed by atoms with Crippen molar-refractivity contribution in [3.05, 3.63) is 66.0 Å². The van der Waals surface area contributed by atoms with Gasteiger partial charge in [-0.05, 0) is 61.0 Å². The van der Waals surface area contributed by atoms with Crippen molar-refractivity contribution in [1.29, 1.82) is 0 Å². The Bertz CT molecular complexity index is 1210. The summed E-state index contributed by atoms with van der Waals surface area (Å²) >= 11 is 1.22. The smallest absolute Gasteiger partial charge is 0.234 e. The van der Waals surface area contributed by atoms with Crippen LogP contribution in [0.1, 0.15) is 5.56 Å². The molecule has 0 bridgehead atoms. The summed E-state index contributed by atoms with van der Waals surface area (Å²) in [5.41, 5.74) is 3.61. The van der Waals surface area contributed by atoms with E-state index in [1.165, 1.54) is 23.9 Å². The molecule has 2 aromatic heterocycles. The van der Waals surface area contributed by atoms with Crippen molar-refractivity contribution in [2.45, 2.75) is 12.1 Å². The summed E-state index contributed by atoms with van der Waals surface area (Å²) in [5.74, 6) is 0.213. The van der Waals surface area contributed by atoms with E-state index >= 15 is 0 Å². The van der Waals surface area contributed by atoms with E-state index in [1.54, 1.807) is 35.9 Å². The number of fused-ring (bicyclic) bond motifs is 1. The van der Waals surface area contributed by atoms with Crippen LogP contribution in [0.4, 0.5) is 10.1 Å². The summed E-state index contributed by atoms with van der Waals surface area (Å²) < 4.78 is 20.0. The number of nitrogens with one attached hydrogen (secondary N) is 1. The summed E-state index contributed by atoms with van der Waals surface area (Å²) in [6.45, 7) is 1.94. The number of ether oxygens (including phenoxy) is 1. The van der Waals surface area contributed by atoms with Crippen molar-refractivity contribution in [3.63, 3.8) is 0 Å². The molecule has 30 heavy (non-hydrogen) atoms. The molecule has 0 atom stereocenters. The average Bonchev–Trinajstić information content (AvgIpc) is 3.15. The van der Waals surface area contributed by atoms with Gasteiger partial charge in [0.1, 0.15) is 11.6 Å². The van der Waals surface area contributed by atoms with E-state index in [4.69, 9.17) is 4.74 Å². The first-order valence-electron chi connectivity index (χ1n) is 9.09. The minimum Gasteiger partial charge on any atom is -0.495 e. The molecular formula is C21H18FN5O2S. The summed E-state index contributed by atoms with van der Waals surface area (Å²) in [6, 6.07) is 15.2. The molecule has 0 spiro atoms. The number of halogens is 1. The Labute approximate surface area is 176 Å². The number of amides is 1. The van der Waals surface area contributed by atoms with Crippen molar-refractivity contribution in [3.8, 4) is 17.0 Å². The highest BCUT2D eigenvalue weighted by atomic mass is 32.2. The Morgan fingerprint density at radius 1 is 1.13 bits per heavy atom. The molecule has 0 unspecified atom stereocenters. The lowest BCUT2D eigenvalue weighted by atomic mass is 10.1. The van der Waals surface area contributed by atoms with Gasteiger partial charge in [-0.15, -0.1) is 10.2 Å². The Morgan fingerprint density at radius 2 is 1.93 bits per heavy atom. The molecule has 0 saturated carbocycles. The first-order chi connectivity index (χ1) is 14.5. The normalized spacial score (nSPS) is 10.9. The number of hydrogen-bond acceptors (Lipinski definition) is 6. The van der Waals surface area contributed by atoms with Gasteiger partial charge in [0.2, 0.25) is 11.1 Å². The number of carbonyl (C=O) groups excluding carboxylic acids is 1. The number of benzene rings is 2. The number of aromatic nitrogens is 4. The van der Waals surface area contributed by atoms with Crippen LogP contribution < -0.4 is 10.1 Å². The fourth-order valence-electron chi connectivity index (χ4n) is 2.87. The van der Waals surface area contributed by atoms with Gasteiger partial charge in [-0.3, -0.25) is 4.79 Å². The van der Waals surface area contributed by atoms with Crippen molar-refractivity contribution < 1.29 is 13.9 Å². The molecule has 9 heteroatoms. The number of carbonyl (C=O) groups is 1. The number of thioether (sulfide) groups is 1. The second-order valence-corrected chi connectivity index (χ2v) is 7.46. The van der Waals surface area contributed by atoms with E-state index < -0.39 is 0 Å². The molecule has 4 rings (SSSR count). The molecule has 0 radical (unpaired) electrons. The topological polar surface area (TPSA) is 81.4 Å². The lowest BCUT2D eigenvalue weighted by molar-refractivity contribution is -0.113. The zero-order valence-corrected chi connectivity index (χ0v) is 17.1. The van der Waals surface area contributed by atoms with Crippen LogP contribution in [-0.4, -0.2) is 38.6 Å². The third-order valence-corrected chi connectivity index (χ3v) is 5.25. The van der Waals surface area contributed by atoms with E-state index in [2.05, 4.69) is 20.6 Å². The van der Waals surface area contributed by atoms with Gasteiger partial charge >= 0.3 is 0 Å². The van der Waals surface area contributed by atoms with Crippen LogP contribution in [0.3, 0.4) is 0 Å². The highest BCUT2D eigenvalue weighted by Crippen LogP contribution is 2.26. The quantitative estimate of drug-likeness (QED) is 0.473. The van der Waals surface area contributed by atoms with Gasteiger partial charge in [-0.25, -0.2) is 4.39 Å². The van der Waals surface area contributed by atoms with Gasteiger partial charge in [0.05, 0.1) is 24.2 Å². The Kier molecular flexibility index (Phi) is 5.62. The maximum atomic E-state index is 13.2. The summed E-state index contributed by atoms with van der Waals surface area (Å²) in [5, 5.41) is 16.1. The monoisotopic (exact) mass is 423 g/mol. The standard InChI is InChI=1S/C21H18FN5O2S/c1-13-3-9-18(29-2)17(11-13)23-20(28)12-30-21-25-24-19-10-8-16(26-27(19)21)14-4-6-15(22)7-5-14/h3-11H,12H2,1-2H3,(H,23,28). The minimum absolute atomic E-state index is 0.125. The first-order valence-corrected chi connectivity index (χ1v) is 10.1. The molecule has 2 aromatic carbocycles. The van der Waals surface area contributed by atoms with E-state index in [0.717, 1.165) is 11.1 Å². The third-order valence-electron chi connectivity index (χ3n) is 4.34. The second kappa shape index (κ2) is 8.50. The number of nitrogens with zero attached hydrogens (tertiary/aromatic N) is 4. The molecule has 152 valence electrons. The van der Waals surface area contributed by atoms with Crippen LogP contribution in [0, 0.1) is 12.7 Å². The maximum absolute atomic E-state index is 13.2. The zero-order valence-electron chi connectivity index (χ0n) is 16.3. The van der Waals surface area contributed by atoms with Gasteiger partial charge in [-0.2, -0.15) is 9.61 Å². The third kappa shape index (κ3) is 4.25. The van der Waals surface area contributed by atoms with Gasteiger partial charge in [0.25, 0.3) is 0 Å². The van der Waals surface area contributed by atoms with Crippen molar-refractivity contribution in [2.24, 2.45) is 0 Å². The fraction of sp³-hybridized carbons (Fsp3) is 0.143. The minimum atomic E-state index is -0.309. The number of anilines is 1. The number of rotatable bonds is 6. The van der Waals surface area contributed by atoms with Crippen LogP contribution in [0.2, 0.25) is 0 Å². The van der Waals surface area contributed by atoms with E-state index in [0.29, 0.717) is 27.9 Å². The predicted molar refractivity (Wildman–Crippen MR) is 113 cm³/mol. The van der Waals surface area contributed by atoms with Crippen molar-refractivity contribution >= 4 is 29.0 Å². The van der Waals surface area contributed by atoms with Gasteiger partial charge in [0.15, 0.2) is 5.65 Å². The lowest BCUT2D eigenvalue weighted by Crippen LogP contribution is -2.15. The molecule has 0 aliphatic rings. The highest BCUT2D eigenvalue weighted by molar-refractivity contribution is 7.99. The molecule has 7 nitrogen and oxygen atoms in total. The van der Waals surface area contributed by atoms with E-state index in [9.17, 15) is 9.18 Å². The van der Waals surface area contributed by atoms with Gasteiger partial charge in [0, 0.05) is 5.56 Å². The van der Waals surface area contributed by atoms with Crippen molar-refractivity contribution in [2.75, 3.05) is 18.2 Å². The zero-order chi connectivity index (χ0) is 21.1. The molecular weight excluding hydrogens is 405 g/mol. The van der Waals surface area contributed by atoms with Gasteiger partial charge < -0.3 is 10.1 Å². The predicted octanol–water partition coefficient (Wildman–Crippen LogP) is 3.98. The summed E-state index contributed by atoms with van der Waals surface area (Å²) in [7, 11) is 1.56. The fourth-order valence-corrected chi connectivity index (χ4v) is 3.56. The van der Waals surface area contributed by atoms with Crippen LogP contribution >= 0.6 is 11.8 Å². The Morgan fingerprint density at radius 3 is 2.70 bits per heavy atom.